The Bertz CT molecular complexity index is 7890. The summed E-state index contributed by atoms with van der Waals surface area (Å²) in [5, 5.41) is 9.41. The lowest BCUT2D eigenvalue weighted by molar-refractivity contribution is 1.06. The molecule has 6 heterocycles. The van der Waals surface area contributed by atoms with Gasteiger partial charge in [0.25, 0.3) is 0 Å². The van der Waals surface area contributed by atoms with Gasteiger partial charge in [0, 0.05) is 95.3 Å². The van der Waals surface area contributed by atoms with Crippen LogP contribution in [0.4, 0.5) is 0 Å². The Kier molecular flexibility index (Phi) is 17.1. The van der Waals surface area contributed by atoms with E-state index in [9.17, 15) is 0 Å². The van der Waals surface area contributed by atoms with E-state index in [1.54, 1.807) is 0 Å². The van der Waals surface area contributed by atoms with Crippen molar-refractivity contribution in [1.82, 2.24) is 39.0 Å². The standard InChI is InChI=1S/C111H72N8S2/c1-67-43-45-70(46-44-67)79-47-53-89-100(66-79)119(98-57-51-81(84-37-20-39-87-86-35-16-17-42-101(86)120-104(84)87)65-94(98)111-116-108(73-29-12-6-13-30-73)113-109(117-111)74-31-14-7-15-32-74)99-41-22-36-83(103(89)99)80-52-58-102-92(63-80)88-40-21-38-85(105(88)121-102)82-50-56-97(93(64-82)110-114-106(71-25-8-4-9-26-71)112-107(115-110)72-27-10-5-11-28-72)118-95-54-48-77(75-33-18-23-68(2)59-75)61-90(95)91-62-78(49-55-96(91)118)76-34-19-24-69(3)60-76/h4-66H,1-3H3. The molecule has 0 aliphatic rings. The number of benzene rings is 17. The first-order valence-corrected chi connectivity index (χ1v) is 42.6. The molecule has 0 bridgehead atoms. The van der Waals surface area contributed by atoms with Crippen molar-refractivity contribution >= 4 is 107 Å². The minimum Gasteiger partial charge on any atom is -0.308 e. The van der Waals surface area contributed by atoms with Crippen molar-refractivity contribution < 1.29 is 0 Å². The first-order chi connectivity index (χ1) is 59.7. The number of hydrogen-bond donors (Lipinski definition) is 0. The summed E-state index contributed by atoms with van der Waals surface area (Å²) in [4.78, 5) is 32.6. The Hall–Kier alpha value is -15.2. The molecule has 6 aromatic heterocycles. The third-order valence-corrected chi connectivity index (χ3v) is 26.3. The number of fused-ring (bicyclic) bond motifs is 12. The zero-order valence-electron chi connectivity index (χ0n) is 66.3. The van der Waals surface area contributed by atoms with Gasteiger partial charge in [0.05, 0.1) is 33.4 Å². The van der Waals surface area contributed by atoms with Crippen molar-refractivity contribution in [2.45, 2.75) is 20.8 Å². The highest BCUT2D eigenvalue weighted by Crippen LogP contribution is 2.50. The quantitative estimate of drug-likeness (QED) is 0.108. The summed E-state index contributed by atoms with van der Waals surface area (Å²) in [6.07, 6.45) is 0. The molecule has 0 radical (unpaired) electrons. The summed E-state index contributed by atoms with van der Waals surface area (Å²) in [5.74, 6) is 3.51. The first kappa shape index (κ1) is 71.1. The number of rotatable bonds is 14. The molecule has 17 aromatic carbocycles. The van der Waals surface area contributed by atoms with Crippen molar-refractivity contribution in [2.24, 2.45) is 0 Å². The largest absolute Gasteiger partial charge is 0.308 e. The number of thiophene rings is 2. The zero-order chi connectivity index (χ0) is 80.3. The molecule has 121 heavy (non-hydrogen) atoms. The van der Waals surface area contributed by atoms with Crippen LogP contribution in [0, 0.1) is 20.8 Å². The van der Waals surface area contributed by atoms with Gasteiger partial charge < -0.3 is 9.13 Å². The van der Waals surface area contributed by atoms with E-state index in [4.69, 9.17) is 29.9 Å². The Balaban J connectivity index is 0.723. The molecule has 0 saturated carbocycles. The minimum absolute atomic E-state index is 0.566. The van der Waals surface area contributed by atoms with E-state index in [0.717, 1.165) is 144 Å². The fourth-order valence-electron chi connectivity index (χ4n) is 18.0. The van der Waals surface area contributed by atoms with Crippen molar-refractivity contribution in [2.75, 3.05) is 0 Å². The van der Waals surface area contributed by atoms with Gasteiger partial charge in [-0.3, -0.25) is 0 Å². The van der Waals surface area contributed by atoms with Gasteiger partial charge >= 0.3 is 0 Å². The first-order valence-electron chi connectivity index (χ1n) is 40.9. The molecule has 10 heteroatoms. The second kappa shape index (κ2) is 29.2. The molecule has 8 nitrogen and oxygen atoms in total. The third kappa shape index (κ3) is 12.5. The van der Waals surface area contributed by atoms with Gasteiger partial charge in [0.2, 0.25) is 0 Å². The van der Waals surface area contributed by atoms with Crippen LogP contribution in [-0.2, 0) is 0 Å². The van der Waals surface area contributed by atoms with Gasteiger partial charge in [-0.1, -0.05) is 320 Å². The highest BCUT2D eigenvalue weighted by molar-refractivity contribution is 7.26. The van der Waals surface area contributed by atoms with Gasteiger partial charge in [0.15, 0.2) is 34.9 Å². The fourth-order valence-corrected chi connectivity index (χ4v) is 20.4. The second-order valence-corrected chi connectivity index (χ2v) is 33.6. The molecule has 0 N–H and O–H groups in total. The maximum atomic E-state index is 5.54. The van der Waals surface area contributed by atoms with Crippen molar-refractivity contribution in [3.63, 3.8) is 0 Å². The van der Waals surface area contributed by atoms with E-state index >= 15 is 0 Å². The van der Waals surface area contributed by atoms with Crippen LogP contribution >= 0.6 is 22.7 Å². The van der Waals surface area contributed by atoms with E-state index in [0.29, 0.717) is 34.9 Å². The van der Waals surface area contributed by atoms with Crippen LogP contribution in [-0.4, -0.2) is 39.0 Å². The predicted octanol–water partition coefficient (Wildman–Crippen LogP) is 29.9. The van der Waals surface area contributed by atoms with Crippen LogP contribution in [0.5, 0.6) is 0 Å². The molecule has 0 amide bonds. The highest BCUT2D eigenvalue weighted by Gasteiger charge is 2.27. The molecule has 568 valence electrons. The molecule has 0 aliphatic carbocycles. The Labute approximate surface area is 706 Å². The summed E-state index contributed by atoms with van der Waals surface area (Å²) in [6.45, 7) is 6.47. The summed E-state index contributed by atoms with van der Waals surface area (Å²) in [6, 6.07) is 139. The molecule has 0 atom stereocenters. The SMILES string of the molecule is Cc1ccc(-c2ccc3c4c(-c5ccc6sc7c(-c8ccc(-n9c%10ccc(-c%11cccc(C)c%11)cc%10c%10cc(-c%11cccc(C)c%11)ccc%109)c(-c9nc(-c%10ccccc%10)nc(-c%10ccccc%10)n9)c8)cccc7c6c5)cccc4n(-c4ccc(-c5cccc6c5sc5ccccc56)cc4-c4nc(-c5ccccc5)nc(-c5ccccc5)n4)c3c2)cc1. The number of hydrogen-bond acceptors (Lipinski definition) is 8. The predicted molar refractivity (Wildman–Crippen MR) is 507 cm³/mol. The Morgan fingerprint density at radius 2 is 0.562 bits per heavy atom. The number of aromatic nitrogens is 8. The monoisotopic (exact) mass is 1580 g/mol. The van der Waals surface area contributed by atoms with Crippen molar-refractivity contribution in [3.05, 3.63) is 399 Å². The van der Waals surface area contributed by atoms with Gasteiger partial charge in [0.1, 0.15) is 0 Å². The van der Waals surface area contributed by atoms with Crippen LogP contribution in [0.3, 0.4) is 0 Å². The summed E-state index contributed by atoms with van der Waals surface area (Å²) >= 11 is 3.67. The minimum atomic E-state index is 0.566. The lowest BCUT2D eigenvalue weighted by Crippen LogP contribution is -2.04. The average Bonchev–Trinajstić information content (AvgIpc) is 1.57. The maximum Gasteiger partial charge on any atom is 0.166 e. The molecule has 0 unspecified atom stereocenters. The van der Waals surface area contributed by atoms with Gasteiger partial charge in [-0.15, -0.1) is 22.7 Å². The Morgan fingerprint density at radius 1 is 0.190 bits per heavy atom. The van der Waals surface area contributed by atoms with Crippen LogP contribution in [0.25, 0.3) is 230 Å². The molecule has 23 aromatic rings. The summed E-state index contributed by atoms with van der Waals surface area (Å²) < 4.78 is 9.77. The van der Waals surface area contributed by atoms with Crippen LogP contribution in [0.2, 0.25) is 0 Å². The normalized spacial score (nSPS) is 11.8. The topological polar surface area (TPSA) is 87.2 Å². The van der Waals surface area contributed by atoms with Gasteiger partial charge in [-0.2, -0.15) is 0 Å². The zero-order valence-corrected chi connectivity index (χ0v) is 67.9. The van der Waals surface area contributed by atoms with Crippen LogP contribution in [0.15, 0.2) is 382 Å². The number of aryl methyl sites for hydroxylation is 3. The van der Waals surface area contributed by atoms with E-state index in [2.05, 4.69) is 339 Å². The van der Waals surface area contributed by atoms with E-state index in [1.807, 2.05) is 95.5 Å². The lowest BCUT2D eigenvalue weighted by Gasteiger charge is -2.17. The molecule has 0 saturated heterocycles. The summed E-state index contributed by atoms with van der Waals surface area (Å²) in [5.41, 5.74) is 28.7. The Morgan fingerprint density at radius 3 is 1.08 bits per heavy atom. The van der Waals surface area contributed by atoms with Crippen molar-refractivity contribution in [1.29, 1.82) is 0 Å². The van der Waals surface area contributed by atoms with Crippen LogP contribution in [0.1, 0.15) is 16.7 Å². The van der Waals surface area contributed by atoms with Gasteiger partial charge in [-0.25, -0.2) is 29.9 Å². The fraction of sp³-hybridized carbons (Fsp3) is 0.0270. The molecule has 0 spiro atoms. The summed E-state index contributed by atoms with van der Waals surface area (Å²) in [7, 11) is 0. The molecular formula is C111H72N8S2. The lowest BCUT2D eigenvalue weighted by atomic mass is 9.96. The smallest absolute Gasteiger partial charge is 0.166 e. The highest BCUT2D eigenvalue weighted by atomic mass is 32.1. The maximum absolute atomic E-state index is 5.54. The molecular weight excluding hydrogens is 1510 g/mol. The average molecular weight is 1580 g/mol. The van der Waals surface area contributed by atoms with Crippen molar-refractivity contribution in [3.8, 4) is 146 Å². The molecule has 0 fully saturated rings. The third-order valence-electron chi connectivity index (χ3n) is 23.8. The van der Waals surface area contributed by atoms with E-state index in [-0.39, 0.29) is 0 Å². The van der Waals surface area contributed by atoms with E-state index < -0.39 is 0 Å². The molecule has 23 rings (SSSR count). The number of nitrogens with zero attached hydrogens (tertiary/aromatic N) is 8. The second-order valence-electron chi connectivity index (χ2n) is 31.5. The van der Waals surface area contributed by atoms with Gasteiger partial charge in [-0.05, 0) is 166 Å². The van der Waals surface area contributed by atoms with Crippen LogP contribution < -0.4 is 0 Å². The molecule has 0 aliphatic heterocycles. The van der Waals surface area contributed by atoms with E-state index in [1.165, 1.54) is 68.2 Å².